The van der Waals surface area contributed by atoms with E-state index in [0.717, 1.165) is 24.7 Å². The molecule has 0 heterocycles. The average molecular weight is 477 g/mol. The number of fused-ring (bicyclic) bond motifs is 1. The fourth-order valence-corrected chi connectivity index (χ4v) is 7.16. The van der Waals surface area contributed by atoms with Crippen LogP contribution in [-0.4, -0.2) is 0 Å². The molecule has 0 nitrogen and oxygen atoms in total. The Morgan fingerprint density at radius 1 is 0.972 bits per heavy atom. The van der Waals surface area contributed by atoms with Gasteiger partial charge in [-0.05, 0) is 96.2 Å². The molecule has 5 rings (SSSR count). The third kappa shape index (κ3) is 4.97. The molecule has 0 bridgehead atoms. The predicted molar refractivity (Wildman–Crippen MR) is 157 cm³/mol. The molecule has 1 saturated carbocycles. The van der Waals surface area contributed by atoms with Crippen LogP contribution in [0.15, 0.2) is 72.4 Å². The first kappa shape index (κ1) is 25.1. The van der Waals surface area contributed by atoms with Gasteiger partial charge in [-0.25, -0.2) is 0 Å². The summed E-state index contributed by atoms with van der Waals surface area (Å²) >= 11 is 0. The average Bonchev–Trinajstić information content (AvgIpc) is 3.29. The Morgan fingerprint density at radius 2 is 1.78 bits per heavy atom. The maximum absolute atomic E-state index is 4.44. The van der Waals surface area contributed by atoms with Crippen LogP contribution in [0.5, 0.6) is 0 Å². The first-order valence-corrected chi connectivity index (χ1v) is 14.3. The van der Waals surface area contributed by atoms with Crippen LogP contribution in [0.4, 0.5) is 0 Å². The maximum atomic E-state index is 4.44. The Balaban J connectivity index is 1.44. The standard InChI is InChI=1S/C36H44/c1-7-28-10-8-11-29(18-28)20-34-26(5)16-23(2)17-36(34)32-13-9-12-31-19-30(22-35(31)32)21-33-25(4)15-14-24(3)27(33)6/h9,12-17,19,24,28-29,33H,4,6-8,10-11,18,20-22H2,1-3,5H3. The van der Waals surface area contributed by atoms with Gasteiger partial charge in [-0.15, -0.1) is 0 Å². The van der Waals surface area contributed by atoms with Crippen molar-refractivity contribution in [3.8, 4) is 11.1 Å². The molecule has 0 N–H and O–H groups in total. The second-order valence-electron chi connectivity index (χ2n) is 12.0. The molecule has 188 valence electrons. The van der Waals surface area contributed by atoms with Crippen molar-refractivity contribution < 1.29 is 0 Å². The number of hydrogen-bond donors (Lipinski definition) is 0. The van der Waals surface area contributed by atoms with Crippen molar-refractivity contribution >= 4 is 6.08 Å². The molecule has 0 saturated heterocycles. The van der Waals surface area contributed by atoms with Gasteiger partial charge in [0.05, 0.1) is 0 Å². The van der Waals surface area contributed by atoms with Crippen molar-refractivity contribution in [1.29, 1.82) is 0 Å². The van der Waals surface area contributed by atoms with E-state index in [1.807, 2.05) is 0 Å². The molecule has 0 heteroatoms. The molecular weight excluding hydrogens is 432 g/mol. The predicted octanol–water partition coefficient (Wildman–Crippen LogP) is 9.99. The molecule has 2 aromatic carbocycles. The van der Waals surface area contributed by atoms with Crippen molar-refractivity contribution in [1.82, 2.24) is 0 Å². The van der Waals surface area contributed by atoms with Gasteiger partial charge in [-0.3, -0.25) is 0 Å². The fraction of sp³-hybridized carbons (Fsp3) is 0.444. The number of hydrogen-bond acceptors (Lipinski definition) is 0. The highest BCUT2D eigenvalue weighted by Gasteiger charge is 2.27. The zero-order chi connectivity index (χ0) is 25.4. The zero-order valence-electron chi connectivity index (χ0n) is 23.0. The third-order valence-corrected chi connectivity index (χ3v) is 9.39. The Bertz CT molecular complexity index is 1230. The lowest BCUT2D eigenvalue weighted by Crippen LogP contribution is -2.18. The van der Waals surface area contributed by atoms with Gasteiger partial charge in [0, 0.05) is 5.92 Å². The lowest BCUT2D eigenvalue weighted by molar-refractivity contribution is 0.259. The molecule has 0 aliphatic heterocycles. The molecule has 3 aliphatic carbocycles. The summed E-state index contributed by atoms with van der Waals surface area (Å²) in [5.74, 6) is 2.55. The van der Waals surface area contributed by atoms with Crippen LogP contribution in [0.1, 0.15) is 80.2 Å². The Morgan fingerprint density at radius 3 is 2.58 bits per heavy atom. The van der Waals surface area contributed by atoms with Crippen molar-refractivity contribution in [2.24, 2.45) is 23.7 Å². The summed E-state index contributed by atoms with van der Waals surface area (Å²) in [6, 6.07) is 11.8. The van der Waals surface area contributed by atoms with Crippen LogP contribution >= 0.6 is 0 Å². The van der Waals surface area contributed by atoms with Gasteiger partial charge in [0.1, 0.15) is 0 Å². The SMILES string of the molecule is C=C1C=CC(C)C(=C)C1CC1=Cc2cccc(-c3cc(C)cc(C)c3CC3CCCC(CC)C3)c2C1. The monoisotopic (exact) mass is 476 g/mol. The number of allylic oxidation sites excluding steroid dienone is 5. The van der Waals surface area contributed by atoms with E-state index in [1.165, 1.54) is 88.6 Å². The minimum atomic E-state index is 0.364. The summed E-state index contributed by atoms with van der Waals surface area (Å²) in [6.45, 7) is 18.0. The van der Waals surface area contributed by atoms with Crippen LogP contribution in [0.3, 0.4) is 0 Å². The summed E-state index contributed by atoms with van der Waals surface area (Å²) in [7, 11) is 0. The van der Waals surface area contributed by atoms with E-state index >= 15 is 0 Å². The van der Waals surface area contributed by atoms with Gasteiger partial charge < -0.3 is 0 Å². The summed E-state index contributed by atoms with van der Waals surface area (Å²) in [5, 5.41) is 0. The number of aryl methyl sites for hydroxylation is 2. The lowest BCUT2D eigenvalue weighted by atomic mass is 9.75. The van der Waals surface area contributed by atoms with Gasteiger partial charge in [-0.2, -0.15) is 0 Å². The summed E-state index contributed by atoms with van der Waals surface area (Å²) in [5.41, 5.74) is 14.4. The van der Waals surface area contributed by atoms with Gasteiger partial charge in [0.25, 0.3) is 0 Å². The van der Waals surface area contributed by atoms with E-state index in [2.05, 4.69) is 89.4 Å². The largest absolute Gasteiger partial charge is 0.0986 e. The van der Waals surface area contributed by atoms with Gasteiger partial charge in [0.2, 0.25) is 0 Å². The highest BCUT2D eigenvalue weighted by atomic mass is 14.3. The van der Waals surface area contributed by atoms with Crippen molar-refractivity contribution in [2.45, 2.75) is 79.1 Å². The van der Waals surface area contributed by atoms with Crippen LogP contribution in [-0.2, 0) is 12.8 Å². The molecule has 1 fully saturated rings. The molecular formula is C36H44. The molecule has 0 spiro atoms. The quantitative estimate of drug-likeness (QED) is 0.364. The van der Waals surface area contributed by atoms with E-state index in [1.54, 1.807) is 5.56 Å². The topological polar surface area (TPSA) is 0 Å². The minimum Gasteiger partial charge on any atom is -0.0986 e. The van der Waals surface area contributed by atoms with Crippen molar-refractivity contribution in [3.63, 3.8) is 0 Å². The van der Waals surface area contributed by atoms with Gasteiger partial charge in [0.15, 0.2) is 0 Å². The van der Waals surface area contributed by atoms with E-state index in [4.69, 9.17) is 0 Å². The highest BCUT2D eigenvalue weighted by molar-refractivity contribution is 5.80. The highest BCUT2D eigenvalue weighted by Crippen LogP contribution is 2.43. The van der Waals surface area contributed by atoms with E-state index < -0.39 is 0 Å². The molecule has 0 radical (unpaired) electrons. The minimum absolute atomic E-state index is 0.364. The molecule has 3 aliphatic rings. The smallest absolute Gasteiger partial charge is 0.00826 e. The summed E-state index contributed by atoms with van der Waals surface area (Å²) < 4.78 is 0. The molecule has 4 atom stereocenters. The Kier molecular flexibility index (Phi) is 7.25. The second-order valence-corrected chi connectivity index (χ2v) is 12.0. The second kappa shape index (κ2) is 10.4. The first-order chi connectivity index (χ1) is 17.3. The summed E-state index contributed by atoms with van der Waals surface area (Å²) in [4.78, 5) is 0. The maximum Gasteiger partial charge on any atom is 0.00826 e. The van der Waals surface area contributed by atoms with Crippen LogP contribution < -0.4 is 0 Å². The Labute approximate surface area is 219 Å². The van der Waals surface area contributed by atoms with Crippen LogP contribution in [0, 0.1) is 37.5 Å². The van der Waals surface area contributed by atoms with Crippen molar-refractivity contribution in [2.75, 3.05) is 0 Å². The van der Waals surface area contributed by atoms with Crippen molar-refractivity contribution in [3.05, 3.63) is 100 Å². The zero-order valence-corrected chi connectivity index (χ0v) is 23.0. The normalized spacial score (nSPS) is 25.7. The summed E-state index contributed by atoms with van der Waals surface area (Å²) in [6.07, 6.45) is 17.2. The van der Waals surface area contributed by atoms with Gasteiger partial charge >= 0.3 is 0 Å². The van der Waals surface area contributed by atoms with E-state index in [0.29, 0.717) is 11.8 Å². The molecule has 2 aromatic rings. The van der Waals surface area contributed by atoms with Gasteiger partial charge in [-0.1, -0.05) is 118 Å². The van der Waals surface area contributed by atoms with E-state index in [9.17, 15) is 0 Å². The molecule has 0 aromatic heterocycles. The first-order valence-electron chi connectivity index (χ1n) is 14.3. The lowest BCUT2D eigenvalue weighted by Gasteiger charge is -2.30. The molecule has 4 unspecified atom stereocenters. The molecule has 0 amide bonds. The molecule has 36 heavy (non-hydrogen) atoms. The van der Waals surface area contributed by atoms with Crippen LogP contribution in [0.2, 0.25) is 0 Å². The third-order valence-electron chi connectivity index (χ3n) is 9.39. The van der Waals surface area contributed by atoms with E-state index in [-0.39, 0.29) is 0 Å². The number of rotatable bonds is 6. The van der Waals surface area contributed by atoms with Crippen LogP contribution in [0.25, 0.3) is 17.2 Å². The number of benzene rings is 2. The Hall–Kier alpha value is -2.60. The fourth-order valence-electron chi connectivity index (χ4n) is 7.16.